The molecule has 0 N–H and O–H groups in total. The summed E-state index contributed by atoms with van der Waals surface area (Å²) >= 11 is 0. The summed E-state index contributed by atoms with van der Waals surface area (Å²) in [5.74, 6) is 0.859. The predicted molar refractivity (Wildman–Crippen MR) is 56.5 cm³/mol. The van der Waals surface area contributed by atoms with E-state index in [0.29, 0.717) is 0 Å². The van der Waals surface area contributed by atoms with Gasteiger partial charge in [0.05, 0.1) is 12.8 Å². The summed E-state index contributed by atoms with van der Waals surface area (Å²) in [6.07, 6.45) is 2.08. The Morgan fingerprint density at radius 3 is 2.43 bits per heavy atom. The van der Waals surface area contributed by atoms with Crippen LogP contribution in [0.2, 0.25) is 0 Å². The first kappa shape index (κ1) is 10.4. The van der Waals surface area contributed by atoms with Crippen molar-refractivity contribution in [2.24, 2.45) is 0 Å². The highest BCUT2D eigenvalue weighted by molar-refractivity contribution is 5.60. The second-order valence-electron chi connectivity index (χ2n) is 3.27. The molecule has 0 saturated carbocycles. The first-order valence-electron chi connectivity index (χ1n) is 4.39. The van der Waals surface area contributed by atoms with Gasteiger partial charge in [0.2, 0.25) is 0 Å². The smallest absolute Gasteiger partial charge is 0.184 e. The van der Waals surface area contributed by atoms with Gasteiger partial charge < -0.3 is 4.74 Å². The largest absolute Gasteiger partial charge is 0.496 e. The molecule has 3 nitrogen and oxygen atoms in total. The molecule has 0 amide bonds. The van der Waals surface area contributed by atoms with Gasteiger partial charge in [0.15, 0.2) is 6.19 Å². The number of hydrogen-bond donors (Lipinski definition) is 0. The van der Waals surface area contributed by atoms with Gasteiger partial charge in [-0.25, -0.2) is 0 Å². The third kappa shape index (κ3) is 1.80. The molecule has 0 fully saturated rings. The summed E-state index contributed by atoms with van der Waals surface area (Å²) in [6.45, 7) is 3.93. The Bertz CT molecular complexity index is 380. The lowest BCUT2D eigenvalue weighted by molar-refractivity contribution is 0.411. The SMILES string of the molecule is COc1cc(C)c(N(C)C#N)cc1C. The van der Waals surface area contributed by atoms with E-state index in [-0.39, 0.29) is 0 Å². The Kier molecular flexibility index (Phi) is 2.98. The summed E-state index contributed by atoms with van der Waals surface area (Å²) in [5.41, 5.74) is 3.00. The van der Waals surface area contributed by atoms with E-state index in [9.17, 15) is 0 Å². The molecule has 0 heterocycles. The van der Waals surface area contributed by atoms with Crippen LogP contribution in [0.3, 0.4) is 0 Å². The second-order valence-corrected chi connectivity index (χ2v) is 3.27. The molecule has 3 heteroatoms. The van der Waals surface area contributed by atoms with Crippen LogP contribution in [0.4, 0.5) is 5.69 Å². The summed E-state index contributed by atoms with van der Waals surface area (Å²) in [7, 11) is 3.39. The molecule has 1 rings (SSSR count). The average Bonchev–Trinajstić information content (AvgIpc) is 2.19. The molecule has 1 aromatic carbocycles. The number of nitriles is 1. The number of rotatable bonds is 2. The van der Waals surface area contributed by atoms with E-state index in [0.717, 1.165) is 22.6 Å². The van der Waals surface area contributed by atoms with E-state index in [2.05, 4.69) is 6.19 Å². The molecule has 74 valence electrons. The minimum absolute atomic E-state index is 0.859. The monoisotopic (exact) mass is 190 g/mol. The number of anilines is 1. The minimum atomic E-state index is 0.859. The summed E-state index contributed by atoms with van der Waals surface area (Å²) in [5, 5.41) is 8.77. The highest BCUT2D eigenvalue weighted by Gasteiger charge is 2.07. The number of methoxy groups -OCH3 is 1. The van der Waals surface area contributed by atoms with E-state index in [1.807, 2.05) is 26.0 Å². The van der Waals surface area contributed by atoms with E-state index < -0.39 is 0 Å². The Morgan fingerprint density at radius 1 is 1.29 bits per heavy atom. The van der Waals surface area contributed by atoms with Gasteiger partial charge in [-0.2, -0.15) is 5.26 Å². The van der Waals surface area contributed by atoms with Crippen LogP contribution in [0.1, 0.15) is 11.1 Å². The van der Waals surface area contributed by atoms with Gasteiger partial charge >= 0.3 is 0 Å². The maximum Gasteiger partial charge on any atom is 0.184 e. The van der Waals surface area contributed by atoms with Crippen molar-refractivity contribution in [3.63, 3.8) is 0 Å². The van der Waals surface area contributed by atoms with Crippen LogP contribution in [-0.2, 0) is 0 Å². The molecule has 0 radical (unpaired) electrons. The number of ether oxygens (including phenoxy) is 1. The van der Waals surface area contributed by atoms with Gasteiger partial charge in [-0.15, -0.1) is 0 Å². The van der Waals surface area contributed by atoms with Crippen molar-refractivity contribution in [3.8, 4) is 11.9 Å². The molecule has 0 aliphatic carbocycles. The van der Waals surface area contributed by atoms with Gasteiger partial charge in [0.25, 0.3) is 0 Å². The molecule has 0 atom stereocenters. The van der Waals surface area contributed by atoms with E-state index >= 15 is 0 Å². The molecule has 0 aliphatic heterocycles. The van der Waals surface area contributed by atoms with Crippen molar-refractivity contribution in [3.05, 3.63) is 23.3 Å². The zero-order valence-electron chi connectivity index (χ0n) is 8.96. The Hall–Kier alpha value is -1.69. The van der Waals surface area contributed by atoms with Crippen LogP contribution in [0.25, 0.3) is 0 Å². The lowest BCUT2D eigenvalue weighted by atomic mass is 10.1. The van der Waals surface area contributed by atoms with Gasteiger partial charge in [0, 0.05) is 7.05 Å². The maximum absolute atomic E-state index is 8.77. The standard InChI is InChI=1S/C11H14N2O/c1-8-6-11(14-4)9(2)5-10(8)13(3)7-12/h5-6H,1-4H3. The van der Waals surface area contributed by atoms with Crippen LogP contribution in [0.15, 0.2) is 12.1 Å². The molecule has 0 saturated heterocycles. The summed E-state index contributed by atoms with van der Waals surface area (Å²) in [4.78, 5) is 1.54. The first-order valence-corrected chi connectivity index (χ1v) is 4.39. The van der Waals surface area contributed by atoms with E-state index in [1.165, 1.54) is 0 Å². The summed E-state index contributed by atoms with van der Waals surface area (Å²) in [6, 6.07) is 3.90. The maximum atomic E-state index is 8.77. The van der Waals surface area contributed by atoms with Crippen molar-refractivity contribution in [1.82, 2.24) is 0 Å². The number of aryl methyl sites for hydroxylation is 2. The van der Waals surface area contributed by atoms with Crippen molar-refractivity contribution < 1.29 is 4.74 Å². The number of nitrogens with zero attached hydrogens (tertiary/aromatic N) is 2. The highest BCUT2D eigenvalue weighted by atomic mass is 16.5. The molecule has 0 bridgehead atoms. The first-order chi connectivity index (χ1) is 6.60. The van der Waals surface area contributed by atoms with Crippen LogP contribution in [-0.4, -0.2) is 14.2 Å². The Morgan fingerprint density at radius 2 is 1.93 bits per heavy atom. The topological polar surface area (TPSA) is 36.3 Å². The molecular weight excluding hydrogens is 176 g/mol. The number of hydrogen-bond acceptors (Lipinski definition) is 3. The van der Waals surface area contributed by atoms with Crippen molar-refractivity contribution in [2.75, 3.05) is 19.1 Å². The zero-order chi connectivity index (χ0) is 10.7. The molecule has 1 aromatic rings. The van der Waals surface area contributed by atoms with Crippen molar-refractivity contribution >= 4 is 5.69 Å². The lowest BCUT2D eigenvalue weighted by Crippen LogP contribution is -2.10. The Balaban J connectivity index is 3.23. The van der Waals surface area contributed by atoms with Crippen LogP contribution in [0, 0.1) is 25.3 Å². The predicted octanol–water partition coefficient (Wildman–Crippen LogP) is 2.23. The van der Waals surface area contributed by atoms with Crippen molar-refractivity contribution in [2.45, 2.75) is 13.8 Å². The Labute approximate surface area is 84.5 Å². The quantitative estimate of drug-likeness (QED) is 0.530. The molecule has 0 spiro atoms. The lowest BCUT2D eigenvalue weighted by Gasteiger charge is -2.15. The van der Waals surface area contributed by atoms with Crippen LogP contribution >= 0.6 is 0 Å². The minimum Gasteiger partial charge on any atom is -0.496 e. The third-order valence-corrected chi connectivity index (χ3v) is 2.22. The fraction of sp³-hybridized carbons (Fsp3) is 0.364. The average molecular weight is 190 g/mol. The normalized spacial score (nSPS) is 9.36. The van der Waals surface area contributed by atoms with Crippen molar-refractivity contribution in [1.29, 1.82) is 5.26 Å². The zero-order valence-corrected chi connectivity index (χ0v) is 8.96. The van der Waals surface area contributed by atoms with Gasteiger partial charge in [0.1, 0.15) is 5.75 Å². The summed E-state index contributed by atoms with van der Waals surface area (Å²) < 4.78 is 5.19. The fourth-order valence-corrected chi connectivity index (χ4v) is 1.41. The third-order valence-electron chi connectivity index (χ3n) is 2.22. The van der Waals surface area contributed by atoms with Gasteiger partial charge in [-0.05, 0) is 37.1 Å². The van der Waals surface area contributed by atoms with Gasteiger partial charge in [-0.3, -0.25) is 4.90 Å². The van der Waals surface area contributed by atoms with Crippen LogP contribution in [0.5, 0.6) is 5.75 Å². The second kappa shape index (κ2) is 4.01. The highest BCUT2D eigenvalue weighted by Crippen LogP contribution is 2.27. The fourth-order valence-electron chi connectivity index (χ4n) is 1.41. The van der Waals surface area contributed by atoms with E-state index in [1.54, 1.807) is 19.1 Å². The molecule has 0 aliphatic rings. The molecule has 0 aromatic heterocycles. The number of benzene rings is 1. The van der Waals surface area contributed by atoms with E-state index in [4.69, 9.17) is 10.00 Å². The molecule has 14 heavy (non-hydrogen) atoms. The van der Waals surface area contributed by atoms with Crippen LogP contribution < -0.4 is 9.64 Å². The molecular formula is C11H14N2O. The van der Waals surface area contributed by atoms with Gasteiger partial charge in [-0.1, -0.05) is 0 Å². The molecule has 0 unspecified atom stereocenters.